The zero-order valence-electron chi connectivity index (χ0n) is 9.25. The molecule has 0 aliphatic heterocycles. The number of rotatable bonds is 3. The monoisotopic (exact) mass is 248 g/mol. The van der Waals surface area contributed by atoms with Gasteiger partial charge in [0.2, 0.25) is 0 Å². The van der Waals surface area contributed by atoms with Crippen molar-refractivity contribution >= 4 is 18.6 Å². The number of carboxylic acid groups (broad SMARTS) is 1. The molecule has 1 aromatic heterocycles. The number of carbonyl (C=O) groups is 1. The van der Waals surface area contributed by atoms with Gasteiger partial charge in [-0.05, 0) is 36.8 Å². The van der Waals surface area contributed by atoms with Crippen LogP contribution in [0.3, 0.4) is 0 Å². The van der Waals surface area contributed by atoms with Gasteiger partial charge in [-0.1, -0.05) is 12.1 Å². The van der Waals surface area contributed by atoms with Crippen LogP contribution in [0.2, 0.25) is 0 Å². The number of hydrogen-bond donors (Lipinski definition) is 2. The molecule has 1 aromatic carbocycles. The van der Waals surface area contributed by atoms with Crippen molar-refractivity contribution in [1.29, 1.82) is 0 Å². The van der Waals surface area contributed by atoms with Gasteiger partial charge >= 0.3 is 5.97 Å². The third-order valence-corrected chi connectivity index (χ3v) is 3.17. The number of thiol groups is 1. The second kappa shape index (κ2) is 4.30. The molecule has 0 aliphatic rings. The van der Waals surface area contributed by atoms with E-state index in [1.165, 1.54) is 0 Å². The van der Waals surface area contributed by atoms with Crippen LogP contribution in [0.5, 0.6) is 0 Å². The smallest absolute Gasteiger partial charge is 0.335 e. The summed E-state index contributed by atoms with van der Waals surface area (Å²) in [6.07, 6.45) is 1.59. The Labute approximate surface area is 104 Å². The van der Waals surface area contributed by atoms with Gasteiger partial charge in [-0.2, -0.15) is 12.6 Å². The third kappa shape index (κ3) is 2.22. The predicted octanol–water partition coefficient (Wildman–Crippen LogP) is 3.17. The number of furan rings is 1. The lowest BCUT2D eigenvalue weighted by molar-refractivity contribution is 0.0697. The van der Waals surface area contributed by atoms with E-state index in [0.717, 1.165) is 11.3 Å². The van der Waals surface area contributed by atoms with Gasteiger partial charge in [0.1, 0.15) is 5.76 Å². The van der Waals surface area contributed by atoms with Crippen LogP contribution in [0.15, 0.2) is 47.1 Å². The lowest BCUT2D eigenvalue weighted by Gasteiger charge is -2.21. The molecule has 4 heteroatoms. The average Bonchev–Trinajstić information content (AvgIpc) is 2.83. The van der Waals surface area contributed by atoms with Gasteiger partial charge in [0.25, 0.3) is 0 Å². The summed E-state index contributed by atoms with van der Waals surface area (Å²) in [5, 5.41) is 8.82. The Morgan fingerprint density at radius 1 is 1.29 bits per heavy atom. The van der Waals surface area contributed by atoms with Crippen molar-refractivity contribution in [2.75, 3.05) is 0 Å². The minimum atomic E-state index is -0.935. The van der Waals surface area contributed by atoms with Gasteiger partial charge < -0.3 is 9.52 Å². The summed E-state index contributed by atoms with van der Waals surface area (Å²) in [7, 11) is 0. The number of aromatic carboxylic acids is 1. The number of benzene rings is 1. The van der Waals surface area contributed by atoms with E-state index in [0.29, 0.717) is 0 Å². The highest BCUT2D eigenvalue weighted by Crippen LogP contribution is 2.35. The molecule has 1 atom stereocenters. The number of carboxylic acids is 1. The van der Waals surface area contributed by atoms with Crippen LogP contribution in [0.4, 0.5) is 0 Å². The first-order valence-electron chi connectivity index (χ1n) is 5.12. The second-order valence-corrected chi connectivity index (χ2v) is 4.83. The minimum absolute atomic E-state index is 0.261. The van der Waals surface area contributed by atoms with E-state index < -0.39 is 10.7 Å². The third-order valence-electron chi connectivity index (χ3n) is 2.69. The number of hydrogen-bond acceptors (Lipinski definition) is 3. The first-order chi connectivity index (χ1) is 8.01. The SMILES string of the molecule is CC(S)(c1ccc(C(=O)O)cc1)c1ccco1. The molecule has 0 radical (unpaired) electrons. The highest BCUT2D eigenvalue weighted by atomic mass is 32.1. The topological polar surface area (TPSA) is 50.4 Å². The van der Waals surface area contributed by atoms with Gasteiger partial charge in [-0.25, -0.2) is 4.79 Å². The van der Waals surface area contributed by atoms with E-state index in [4.69, 9.17) is 9.52 Å². The van der Waals surface area contributed by atoms with E-state index in [1.807, 2.05) is 13.0 Å². The highest BCUT2D eigenvalue weighted by Gasteiger charge is 2.27. The molecule has 0 aliphatic carbocycles. The van der Waals surface area contributed by atoms with Gasteiger partial charge in [0.05, 0.1) is 16.6 Å². The van der Waals surface area contributed by atoms with Crippen LogP contribution in [0.1, 0.15) is 28.6 Å². The highest BCUT2D eigenvalue weighted by molar-refractivity contribution is 7.81. The molecule has 88 valence electrons. The molecule has 1 heterocycles. The van der Waals surface area contributed by atoms with Gasteiger partial charge in [-0.3, -0.25) is 0 Å². The molecule has 17 heavy (non-hydrogen) atoms. The minimum Gasteiger partial charge on any atom is -0.478 e. The van der Waals surface area contributed by atoms with Crippen molar-refractivity contribution in [2.24, 2.45) is 0 Å². The quantitative estimate of drug-likeness (QED) is 0.820. The Morgan fingerprint density at radius 2 is 1.94 bits per heavy atom. The fourth-order valence-electron chi connectivity index (χ4n) is 1.64. The van der Waals surface area contributed by atoms with E-state index in [2.05, 4.69) is 12.6 Å². The van der Waals surface area contributed by atoms with Gasteiger partial charge in [-0.15, -0.1) is 0 Å². The molecule has 0 bridgehead atoms. The first kappa shape index (κ1) is 11.8. The van der Waals surface area contributed by atoms with E-state index >= 15 is 0 Å². The molecular weight excluding hydrogens is 236 g/mol. The van der Waals surface area contributed by atoms with E-state index in [-0.39, 0.29) is 5.56 Å². The molecular formula is C13H12O3S. The van der Waals surface area contributed by atoms with Crippen molar-refractivity contribution in [2.45, 2.75) is 11.7 Å². The van der Waals surface area contributed by atoms with Crippen LogP contribution >= 0.6 is 12.6 Å². The van der Waals surface area contributed by atoms with Crippen LogP contribution in [-0.4, -0.2) is 11.1 Å². The van der Waals surface area contributed by atoms with Gasteiger partial charge in [0, 0.05) is 0 Å². The summed E-state index contributed by atoms with van der Waals surface area (Å²) in [5.41, 5.74) is 1.15. The average molecular weight is 248 g/mol. The summed E-state index contributed by atoms with van der Waals surface area (Å²) in [5.74, 6) is -0.209. The van der Waals surface area contributed by atoms with Gasteiger partial charge in [0.15, 0.2) is 0 Å². The van der Waals surface area contributed by atoms with Crippen LogP contribution in [0, 0.1) is 0 Å². The Morgan fingerprint density at radius 3 is 2.41 bits per heavy atom. The molecule has 2 rings (SSSR count). The molecule has 1 unspecified atom stereocenters. The molecule has 0 spiro atoms. The van der Waals surface area contributed by atoms with Crippen molar-refractivity contribution in [3.63, 3.8) is 0 Å². The summed E-state index contributed by atoms with van der Waals surface area (Å²) in [6.45, 7) is 1.91. The second-order valence-electron chi connectivity index (χ2n) is 3.93. The lowest BCUT2D eigenvalue weighted by Crippen LogP contribution is -2.15. The summed E-state index contributed by atoms with van der Waals surface area (Å²) < 4.78 is 4.77. The largest absolute Gasteiger partial charge is 0.478 e. The fourth-order valence-corrected chi connectivity index (χ4v) is 1.91. The maximum Gasteiger partial charge on any atom is 0.335 e. The zero-order valence-corrected chi connectivity index (χ0v) is 10.1. The van der Waals surface area contributed by atoms with Crippen LogP contribution in [0.25, 0.3) is 0 Å². The van der Waals surface area contributed by atoms with Crippen molar-refractivity contribution in [1.82, 2.24) is 0 Å². The maximum atomic E-state index is 10.8. The Balaban J connectivity index is 2.37. The normalized spacial score (nSPS) is 14.2. The van der Waals surface area contributed by atoms with Crippen LogP contribution in [-0.2, 0) is 4.75 Å². The Kier molecular flexibility index (Phi) is 2.98. The fraction of sp³-hybridized carbons (Fsp3) is 0.154. The molecule has 0 saturated carbocycles. The summed E-state index contributed by atoms with van der Waals surface area (Å²) in [6, 6.07) is 10.3. The molecule has 3 nitrogen and oxygen atoms in total. The lowest BCUT2D eigenvalue weighted by atomic mass is 9.96. The zero-order chi connectivity index (χ0) is 12.5. The molecule has 0 amide bonds. The van der Waals surface area contributed by atoms with Crippen molar-refractivity contribution in [3.05, 3.63) is 59.5 Å². The van der Waals surface area contributed by atoms with E-state index in [9.17, 15) is 4.79 Å². The van der Waals surface area contributed by atoms with Crippen molar-refractivity contribution in [3.8, 4) is 0 Å². The molecule has 0 saturated heterocycles. The van der Waals surface area contributed by atoms with E-state index in [1.54, 1.807) is 36.6 Å². The predicted molar refractivity (Wildman–Crippen MR) is 67.5 cm³/mol. The summed E-state index contributed by atoms with van der Waals surface area (Å²) in [4.78, 5) is 10.8. The Hall–Kier alpha value is -1.68. The molecule has 0 fully saturated rings. The summed E-state index contributed by atoms with van der Waals surface area (Å²) >= 11 is 4.58. The molecule has 1 N–H and O–H groups in total. The maximum absolute atomic E-state index is 10.8. The van der Waals surface area contributed by atoms with Crippen LogP contribution < -0.4 is 0 Å². The standard InChI is InChI=1S/C13H12O3S/c1-13(17,11-3-2-8-16-11)10-6-4-9(5-7-10)12(14)15/h2-8,17H,1H3,(H,14,15). The first-order valence-corrected chi connectivity index (χ1v) is 5.57. The Bertz CT molecular complexity index is 512. The van der Waals surface area contributed by atoms with Crippen molar-refractivity contribution < 1.29 is 14.3 Å². The molecule has 2 aromatic rings.